The van der Waals surface area contributed by atoms with E-state index in [9.17, 15) is 9.18 Å². The van der Waals surface area contributed by atoms with Crippen LogP contribution in [-0.4, -0.2) is 12.1 Å². The van der Waals surface area contributed by atoms with Gasteiger partial charge in [-0.25, -0.2) is 9.18 Å². The lowest BCUT2D eigenvalue weighted by Crippen LogP contribution is -2.37. The van der Waals surface area contributed by atoms with E-state index in [0.717, 1.165) is 11.5 Å². The largest absolute Gasteiger partial charge is 0.458 e. The Morgan fingerprint density at radius 1 is 1.25 bits per heavy atom. The topological polar surface area (TPSA) is 26.3 Å². The lowest BCUT2D eigenvalue weighted by molar-refractivity contribution is -0.00413. The molecule has 0 saturated heterocycles. The van der Waals surface area contributed by atoms with Crippen molar-refractivity contribution in [1.29, 1.82) is 0 Å². The minimum absolute atomic E-state index is 0.111. The molecule has 1 fully saturated rings. The number of aryl methyl sites for hydroxylation is 1. The maximum Gasteiger partial charge on any atom is 0.341 e. The maximum absolute atomic E-state index is 14.2. The van der Waals surface area contributed by atoms with Gasteiger partial charge in [-0.15, -0.1) is 0 Å². The molecule has 2 atom stereocenters. The number of esters is 1. The molecule has 24 heavy (non-hydrogen) atoms. The van der Waals surface area contributed by atoms with Gasteiger partial charge in [-0.2, -0.15) is 0 Å². The van der Waals surface area contributed by atoms with Crippen LogP contribution in [0.1, 0.15) is 73.9 Å². The Bertz CT molecular complexity index is 602. The Kier molecular flexibility index (Phi) is 5.27. The van der Waals surface area contributed by atoms with Crippen LogP contribution in [0, 0.1) is 30.5 Å². The molecular weight excluding hydrogens is 303 g/mol. The van der Waals surface area contributed by atoms with E-state index in [2.05, 4.69) is 13.8 Å². The number of benzene rings is 1. The Balaban J connectivity index is 1.68. The summed E-state index contributed by atoms with van der Waals surface area (Å²) in [5.41, 5.74) is 1.47. The van der Waals surface area contributed by atoms with E-state index in [4.69, 9.17) is 4.74 Å². The van der Waals surface area contributed by atoms with Crippen molar-refractivity contribution in [2.24, 2.45) is 17.8 Å². The molecule has 1 aromatic rings. The molecule has 0 spiro atoms. The van der Waals surface area contributed by atoms with Crippen molar-refractivity contribution < 1.29 is 13.9 Å². The minimum atomic E-state index is -0.478. The highest BCUT2D eigenvalue weighted by atomic mass is 19.1. The first kappa shape index (κ1) is 17.4. The molecule has 0 N–H and O–H groups in total. The fraction of sp³-hybridized carbons (Fsp3) is 0.667. The predicted octanol–water partition coefficient (Wildman–Crippen LogP) is 5.46. The summed E-state index contributed by atoms with van der Waals surface area (Å²) in [6.45, 7) is 6.15. The second-order valence-corrected chi connectivity index (χ2v) is 7.81. The number of rotatable bonds is 4. The third-order valence-corrected chi connectivity index (χ3v) is 6.22. The molecule has 1 aromatic carbocycles. The number of hydrogen-bond acceptors (Lipinski definition) is 2. The van der Waals surface area contributed by atoms with Gasteiger partial charge in [0.05, 0.1) is 5.56 Å². The van der Waals surface area contributed by atoms with Gasteiger partial charge in [-0.1, -0.05) is 51.7 Å². The highest BCUT2D eigenvalue weighted by Crippen LogP contribution is 2.39. The smallest absolute Gasteiger partial charge is 0.341 e. The van der Waals surface area contributed by atoms with Crippen molar-refractivity contribution >= 4 is 5.97 Å². The maximum atomic E-state index is 14.2. The standard InChI is InChI=1S/C21H29FO2/c1-4-5-15-7-10-16(11-8-15)14(3)18-12-17-9-6-13(2)20(22)19(17)21(23)24-18/h6,9,14-16,18H,4-5,7-8,10-12H2,1-3H3. The van der Waals surface area contributed by atoms with Gasteiger partial charge >= 0.3 is 5.97 Å². The van der Waals surface area contributed by atoms with Crippen molar-refractivity contribution in [3.05, 3.63) is 34.6 Å². The van der Waals surface area contributed by atoms with Gasteiger partial charge in [0.2, 0.25) is 0 Å². The summed E-state index contributed by atoms with van der Waals surface area (Å²) in [6.07, 6.45) is 8.21. The zero-order valence-electron chi connectivity index (χ0n) is 15.1. The van der Waals surface area contributed by atoms with Gasteiger partial charge in [0.1, 0.15) is 11.9 Å². The summed E-state index contributed by atoms with van der Waals surface area (Å²) >= 11 is 0. The molecule has 2 unspecified atom stereocenters. The third kappa shape index (κ3) is 3.36. The van der Waals surface area contributed by atoms with E-state index in [-0.39, 0.29) is 11.7 Å². The fourth-order valence-electron chi connectivity index (χ4n) is 4.57. The number of fused-ring (bicyclic) bond motifs is 1. The molecule has 1 aliphatic carbocycles. The van der Waals surface area contributed by atoms with Gasteiger partial charge in [-0.05, 0) is 48.6 Å². The van der Waals surface area contributed by atoms with Gasteiger partial charge in [0.25, 0.3) is 0 Å². The van der Waals surface area contributed by atoms with Gasteiger partial charge < -0.3 is 4.74 Å². The number of hydrogen-bond donors (Lipinski definition) is 0. The molecule has 1 aliphatic heterocycles. The van der Waals surface area contributed by atoms with E-state index in [1.54, 1.807) is 13.0 Å². The van der Waals surface area contributed by atoms with E-state index in [1.165, 1.54) is 38.5 Å². The lowest BCUT2D eigenvalue weighted by Gasteiger charge is -2.37. The SMILES string of the molecule is CCCC1CCC(C(C)C2Cc3ccc(C)c(F)c3C(=O)O2)CC1. The van der Waals surface area contributed by atoms with Crippen molar-refractivity contribution in [1.82, 2.24) is 0 Å². The normalized spacial score (nSPS) is 28.2. The fourth-order valence-corrected chi connectivity index (χ4v) is 4.57. The first-order chi connectivity index (χ1) is 11.5. The zero-order chi connectivity index (χ0) is 17.3. The molecule has 3 rings (SSSR count). The number of halogens is 1. The first-order valence-corrected chi connectivity index (χ1v) is 9.50. The Morgan fingerprint density at radius 2 is 1.96 bits per heavy atom. The van der Waals surface area contributed by atoms with Gasteiger partial charge in [0.15, 0.2) is 0 Å². The molecule has 1 heterocycles. The average molecular weight is 332 g/mol. The number of carbonyl (C=O) groups is 1. The average Bonchev–Trinajstić information content (AvgIpc) is 2.58. The Morgan fingerprint density at radius 3 is 2.62 bits per heavy atom. The zero-order valence-corrected chi connectivity index (χ0v) is 15.1. The molecule has 0 bridgehead atoms. The van der Waals surface area contributed by atoms with Crippen molar-refractivity contribution in [2.45, 2.75) is 71.8 Å². The van der Waals surface area contributed by atoms with Crippen LogP contribution in [-0.2, 0) is 11.2 Å². The minimum Gasteiger partial charge on any atom is -0.458 e. The molecule has 132 valence electrons. The molecular formula is C21H29FO2. The highest BCUT2D eigenvalue weighted by Gasteiger charge is 2.36. The summed E-state index contributed by atoms with van der Waals surface area (Å²) in [4.78, 5) is 12.3. The molecule has 0 amide bonds. The van der Waals surface area contributed by atoms with Crippen molar-refractivity contribution in [3.63, 3.8) is 0 Å². The Hall–Kier alpha value is -1.38. The van der Waals surface area contributed by atoms with Crippen LogP contribution >= 0.6 is 0 Å². The third-order valence-electron chi connectivity index (χ3n) is 6.22. The highest BCUT2D eigenvalue weighted by molar-refractivity contribution is 5.92. The van der Waals surface area contributed by atoms with E-state index < -0.39 is 11.8 Å². The van der Waals surface area contributed by atoms with E-state index >= 15 is 0 Å². The van der Waals surface area contributed by atoms with E-state index in [0.29, 0.717) is 23.8 Å². The molecule has 0 radical (unpaired) electrons. The van der Waals surface area contributed by atoms with Gasteiger partial charge in [-0.3, -0.25) is 0 Å². The van der Waals surface area contributed by atoms with Crippen LogP contribution < -0.4 is 0 Å². The van der Waals surface area contributed by atoms with E-state index in [1.807, 2.05) is 6.07 Å². The second-order valence-electron chi connectivity index (χ2n) is 7.81. The van der Waals surface area contributed by atoms with Crippen LogP contribution in [0.4, 0.5) is 4.39 Å². The summed E-state index contributed by atoms with van der Waals surface area (Å²) in [5, 5.41) is 0. The van der Waals surface area contributed by atoms with Gasteiger partial charge in [0, 0.05) is 6.42 Å². The monoisotopic (exact) mass is 332 g/mol. The Labute approximate surface area is 144 Å². The number of cyclic esters (lactones) is 1. The molecule has 0 aromatic heterocycles. The second kappa shape index (κ2) is 7.25. The molecule has 2 nitrogen and oxygen atoms in total. The predicted molar refractivity (Wildman–Crippen MR) is 93.6 cm³/mol. The van der Waals surface area contributed by atoms with Crippen LogP contribution in [0.5, 0.6) is 0 Å². The number of carbonyl (C=O) groups excluding carboxylic acids is 1. The lowest BCUT2D eigenvalue weighted by atomic mass is 9.72. The van der Waals surface area contributed by atoms with Crippen LogP contribution in [0.25, 0.3) is 0 Å². The summed E-state index contributed by atoms with van der Waals surface area (Å²) in [6, 6.07) is 3.66. The number of ether oxygens (including phenoxy) is 1. The van der Waals surface area contributed by atoms with Crippen molar-refractivity contribution in [3.8, 4) is 0 Å². The van der Waals surface area contributed by atoms with Crippen LogP contribution in [0.2, 0.25) is 0 Å². The quantitative estimate of drug-likeness (QED) is 0.685. The molecule has 2 aliphatic rings. The summed E-state index contributed by atoms with van der Waals surface area (Å²) in [5.74, 6) is 0.949. The molecule has 1 saturated carbocycles. The van der Waals surface area contributed by atoms with Crippen molar-refractivity contribution in [2.75, 3.05) is 0 Å². The summed E-state index contributed by atoms with van der Waals surface area (Å²) in [7, 11) is 0. The molecule has 3 heteroatoms. The van der Waals surface area contributed by atoms with Crippen LogP contribution in [0.15, 0.2) is 12.1 Å². The van der Waals surface area contributed by atoms with Crippen LogP contribution in [0.3, 0.4) is 0 Å². The first-order valence-electron chi connectivity index (χ1n) is 9.50. The summed E-state index contributed by atoms with van der Waals surface area (Å²) < 4.78 is 19.9.